The second-order valence-electron chi connectivity index (χ2n) is 5.44. The highest BCUT2D eigenvalue weighted by atomic mass is 16.5. The standard InChI is InChI=1S/C12H23NO/c1-10(2)14-9-12-5-4-6-13(12)8-11(3)7-12/h10-11H,4-9H2,1-3H3/t11-,12?/m1/s1. The van der Waals surface area contributed by atoms with Crippen LogP contribution in [0, 0.1) is 5.92 Å². The van der Waals surface area contributed by atoms with Gasteiger partial charge < -0.3 is 4.74 Å². The number of rotatable bonds is 3. The summed E-state index contributed by atoms with van der Waals surface area (Å²) in [5.74, 6) is 0.867. The van der Waals surface area contributed by atoms with Crippen molar-refractivity contribution >= 4 is 0 Å². The molecule has 2 fully saturated rings. The average Bonchev–Trinajstić information content (AvgIpc) is 2.56. The Morgan fingerprint density at radius 2 is 2.29 bits per heavy atom. The van der Waals surface area contributed by atoms with E-state index in [0.717, 1.165) is 12.5 Å². The van der Waals surface area contributed by atoms with Crippen LogP contribution in [0.5, 0.6) is 0 Å². The Labute approximate surface area is 87.6 Å². The summed E-state index contributed by atoms with van der Waals surface area (Å²) in [6.45, 7) is 10.2. The summed E-state index contributed by atoms with van der Waals surface area (Å²) in [5, 5.41) is 0. The lowest BCUT2D eigenvalue weighted by molar-refractivity contribution is 0.00292. The van der Waals surface area contributed by atoms with Crippen LogP contribution in [-0.2, 0) is 4.74 Å². The molecule has 0 aromatic heterocycles. The van der Waals surface area contributed by atoms with Gasteiger partial charge in [0.05, 0.1) is 12.7 Å². The van der Waals surface area contributed by atoms with E-state index in [1.807, 2.05) is 0 Å². The lowest BCUT2D eigenvalue weighted by Crippen LogP contribution is -2.43. The van der Waals surface area contributed by atoms with Gasteiger partial charge in [0, 0.05) is 12.1 Å². The number of ether oxygens (including phenoxy) is 1. The highest BCUT2D eigenvalue weighted by Crippen LogP contribution is 2.41. The molecule has 0 amide bonds. The van der Waals surface area contributed by atoms with Crippen LogP contribution < -0.4 is 0 Å². The van der Waals surface area contributed by atoms with Gasteiger partial charge >= 0.3 is 0 Å². The van der Waals surface area contributed by atoms with Gasteiger partial charge in [0.15, 0.2) is 0 Å². The van der Waals surface area contributed by atoms with E-state index in [1.54, 1.807) is 0 Å². The summed E-state index contributed by atoms with van der Waals surface area (Å²) in [4.78, 5) is 2.67. The van der Waals surface area contributed by atoms with Crippen molar-refractivity contribution in [3.8, 4) is 0 Å². The van der Waals surface area contributed by atoms with Gasteiger partial charge in [-0.2, -0.15) is 0 Å². The number of hydrogen-bond acceptors (Lipinski definition) is 2. The van der Waals surface area contributed by atoms with Crippen LogP contribution >= 0.6 is 0 Å². The fourth-order valence-electron chi connectivity index (χ4n) is 3.14. The zero-order valence-electron chi connectivity index (χ0n) is 9.75. The molecule has 0 aromatic carbocycles. The molecule has 2 saturated heterocycles. The first-order chi connectivity index (χ1) is 6.62. The van der Waals surface area contributed by atoms with Gasteiger partial charge in [-0.15, -0.1) is 0 Å². The number of fused-ring (bicyclic) bond motifs is 1. The maximum atomic E-state index is 5.84. The molecule has 2 heteroatoms. The normalized spacial score (nSPS) is 38.1. The third-order valence-corrected chi connectivity index (χ3v) is 3.69. The molecule has 2 atom stereocenters. The third-order valence-electron chi connectivity index (χ3n) is 3.69. The maximum absolute atomic E-state index is 5.84. The van der Waals surface area contributed by atoms with Crippen molar-refractivity contribution in [2.45, 2.75) is 51.7 Å². The van der Waals surface area contributed by atoms with Crippen LogP contribution in [0.3, 0.4) is 0 Å². The Kier molecular flexibility index (Phi) is 2.85. The van der Waals surface area contributed by atoms with Gasteiger partial charge in [-0.25, -0.2) is 0 Å². The van der Waals surface area contributed by atoms with Crippen molar-refractivity contribution in [2.75, 3.05) is 19.7 Å². The van der Waals surface area contributed by atoms with Crippen LogP contribution in [0.2, 0.25) is 0 Å². The molecule has 0 N–H and O–H groups in total. The topological polar surface area (TPSA) is 12.5 Å². The molecule has 0 spiro atoms. The van der Waals surface area contributed by atoms with E-state index in [4.69, 9.17) is 4.74 Å². The Hall–Kier alpha value is -0.0800. The van der Waals surface area contributed by atoms with Crippen molar-refractivity contribution in [1.29, 1.82) is 0 Å². The molecular weight excluding hydrogens is 174 g/mol. The van der Waals surface area contributed by atoms with E-state index in [0.29, 0.717) is 11.6 Å². The van der Waals surface area contributed by atoms with E-state index in [2.05, 4.69) is 25.7 Å². The largest absolute Gasteiger partial charge is 0.377 e. The van der Waals surface area contributed by atoms with Gasteiger partial charge in [0.25, 0.3) is 0 Å². The molecule has 14 heavy (non-hydrogen) atoms. The molecule has 2 aliphatic rings. The number of nitrogens with zero attached hydrogens (tertiary/aromatic N) is 1. The second kappa shape index (κ2) is 3.82. The first-order valence-corrected chi connectivity index (χ1v) is 5.99. The summed E-state index contributed by atoms with van der Waals surface area (Å²) >= 11 is 0. The summed E-state index contributed by atoms with van der Waals surface area (Å²) in [6.07, 6.45) is 4.44. The van der Waals surface area contributed by atoms with Crippen LogP contribution in [0.15, 0.2) is 0 Å². The molecule has 0 saturated carbocycles. The lowest BCUT2D eigenvalue weighted by Gasteiger charge is -2.32. The predicted molar refractivity (Wildman–Crippen MR) is 58.4 cm³/mol. The third kappa shape index (κ3) is 1.82. The van der Waals surface area contributed by atoms with E-state index in [1.165, 1.54) is 32.4 Å². The van der Waals surface area contributed by atoms with Crippen molar-refractivity contribution in [3.05, 3.63) is 0 Å². The van der Waals surface area contributed by atoms with Crippen LogP contribution in [0.4, 0.5) is 0 Å². The lowest BCUT2D eigenvalue weighted by atomic mass is 9.91. The quantitative estimate of drug-likeness (QED) is 0.688. The SMILES string of the molecule is CC(C)OCC12CCCN1C[C@H](C)C2. The second-order valence-corrected chi connectivity index (χ2v) is 5.44. The van der Waals surface area contributed by atoms with Crippen LogP contribution in [-0.4, -0.2) is 36.2 Å². The summed E-state index contributed by atoms with van der Waals surface area (Å²) in [6, 6.07) is 0. The van der Waals surface area contributed by atoms with E-state index in [-0.39, 0.29) is 0 Å². The van der Waals surface area contributed by atoms with Crippen molar-refractivity contribution < 1.29 is 4.74 Å². The minimum atomic E-state index is 0.378. The fraction of sp³-hybridized carbons (Fsp3) is 1.00. The smallest absolute Gasteiger partial charge is 0.0654 e. The molecular formula is C12H23NO. The minimum absolute atomic E-state index is 0.378. The molecule has 82 valence electrons. The Balaban J connectivity index is 1.98. The summed E-state index contributed by atoms with van der Waals surface area (Å²) < 4.78 is 5.84. The molecule has 2 heterocycles. The Bertz CT molecular complexity index is 204. The molecule has 0 aliphatic carbocycles. The van der Waals surface area contributed by atoms with E-state index >= 15 is 0 Å². The molecule has 0 aromatic rings. The van der Waals surface area contributed by atoms with Crippen molar-refractivity contribution in [2.24, 2.45) is 5.92 Å². The van der Waals surface area contributed by atoms with Gasteiger partial charge in [0.1, 0.15) is 0 Å². The minimum Gasteiger partial charge on any atom is -0.377 e. The maximum Gasteiger partial charge on any atom is 0.0654 e. The monoisotopic (exact) mass is 197 g/mol. The van der Waals surface area contributed by atoms with Crippen LogP contribution in [0.1, 0.15) is 40.0 Å². The molecule has 2 nitrogen and oxygen atoms in total. The average molecular weight is 197 g/mol. The van der Waals surface area contributed by atoms with Gasteiger partial charge in [0.2, 0.25) is 0 Å². The van der Waals surface area contributed by atoms with Crippen LogP contribution in [0.25, 0.3) is 0 Å². The first kappa shape index (κ1) is 10.4. The Morgan fingerprint density at radius 1 is 1.50 bits per heavy atom. The van der Waals surface area contributed by atoms with Gasteiger partial charge in [-0.05, 0) is 45.6 Å². The Morgan fingerprint density at radius 3 is 3.00 bits per heavy atom. The highest BCUT2D eigenvalue weighted by Gasteiger charge is 2.47. The van der Waals surface area contributed by atoms with Gasteiger partial charge in [-0.1, -0.05) is 6.92 Å². The zero-order chi connectivity index (χ0) is 10.2. The van der Waals surface area contributed by atoms with Crippen molar-refractivity contribution in [1.82, 2.24) is 4.90 Å². The van der Waals surface area contributed by atoms with E-state index in [9.17, 15) is 0 Å². The molecule has 0 radical (unpaired) electrons. The van der Waals surface area contributed by atoms with Crippen molar-refractivity contribution in [3.63, 3.8) is 0 Å². The van der Waals surface area contributed by atoms with Gasteiger partial charge in [-0.3, -0.25) is 4.90 Å². The molecule has 0 bridgehead atoms. The molecule has 2 aliphatic heterocycles. The number of hydrogen-bond donors (Lipinski definition) is 0. The van der Waals surface area contributed by atoms with E-state index < -0.39 is 0 Å². The zero-order valence-corrected chi connectivity index (χ0v) is 9.75. The predicted octanol–water partition coefficient (Wildman–Crippen LogP) is 2.29. The first-order valence-electron chi connectivity index (χ1n) is 5.99. The molecule has 2 rings (SSSR count). The summed E-state index contributed by atoms with van der Waals surface area (Å²) in [5.41, 5.74) is 0.420. The highest BCUT2D eigenvalue weighted by molar-refractivity contribution is 5.02. The fourth-order valence-corrected chi connectivity index (χ4v) is 3.14. The summed E-state index contributed by atoms with van der Waals surface area (Å²) in [7, 11) is 0. The molecule has 1 unspecified atom stereocenters.